The van der Waals surface area contributed by atoms with E-state index in [2.05, 4.69) is 5.32 Å². The first-order valence-corrected chi connectivity index (χ1v) is 8.75. The first kappa shape index (κ1) is 18.8. The van der Waals surface area contributed by atoms with Gasteiger partial charge < -0.3 is 15.0 Å². The Balaban J connectivity index is 1.48. The van der Waals surface area contributed by atoms with Crippen LogP contribution in [0.15, 0.2) is 48.5 Å². The average Bonchev–Trinajstić information content (AvgIpc) is 2.70. The molecule has 3 rings (SSSR count). The molecule has 0 saturated carbocycles. The highest BCUT2D eigenvalue weighted by Crippen LogP contribution is 2.23. The Morgan fingerprint density at radius 2 is 1.63 bits per heavy atom. The van der Waals surface area contributed by atoms with Crippen LogP contribution in [0.5, 0.6) is 5.75 Å². The van der Waals surface area contributed by atoms with E-state index in [0.29, 0.717) is 31.7 Å². The van der Waals surface area contributed by atoms with Crippen molar-refractivity contribution in [3.05, 3.63) is 60.2 Å². The molecule has 0 aliphatic carbocycles. The number of anilines is 1. The molecular formula is C20H20F2N2O3. The van der Waals surface area contributed by atoms with Crippen molar-refractivity contribution >= 4 is 17.5 Å². The lowest BCUT2D eigenvalue weighted by molar-refractivity contribution is -0.136. The highest BCUT2D eigenvalue weighted by molar-refractivity contribution is 5.93. The molecule has 0 unspecified atom stereocenters. The zero-order valence-corrected chi connectivity index (χ0v) is 14.7. The molecule has 1 N–H and O–H groups in total. The molecule has 7 heteroatoms. The van der Waals surface area contributed by atoms with Crippen LogP contribution in [0.3, 0.4) is 0 Å². The van der Waals surface area contributed by atoms with E-state index in [1.807, 2.05) is 18.2 Å². The number of carbonyl (C=O) groups is 2. The molecule has 0 radical (unpaired) electrons. The van der Waals surface area contributed by atoms with Crippen LogP contribution in [-0.2, 0) is 9.59 Å². The fourth-order valence-corrected chi connectivity index (χ4v) is 2.99. The maximum atomic E-state index is 13.6. The van der Waals surface area contributed by atoms with Crippen LogP contribution in [0.25, 0.3) is 0 Å². The first-order chi connectivity index (χ1) is 13.0. The molecule has 142 valence electrons. The minimum atomic E-state index is -0.811. The summed E-state index contributed by atoms with van der Waals surface area (Å²) in [5, 5.41) is 2.32. The number of halogens is 2. The number of nitrogens with zero attached hydrogens (tertiary/aromatic N) is 1. The summed E-state index contributed by atoms with van der Waals surface area (Å²) in [7, 11) is 0. The molecule has 2 aromatic rings. The van der Waals surface area contributed by atoms with E-state index >= 15 is 0 Å². The number of benzene rings is 2. The summed E-state index contributed by atoms with van der Waals surface area (Å²) in [4.78, 5) is 26.2. The van der Waals surface area contributed by atoms with E-state index in [1.54, 1.807) is 17.0 Å². The molecule has 0 atom stereocenters. The van der Waals surface area contributed by atoms with Crippen molar-refractivity contribution in [3.63, 3.8) is 0 Å². The summed E-state index contributed by atoms with van der Waals surface area (Å²) in [5.41, 5.74) is -0.433. The average molecular weight is 374 g/mol. The summed E-state index contributed by atoms with van der Waals surface area (Å²) >= 11 is 0. The number of carbonyl (C=O) groups excluding carboxylic acids is 2. The normalized spacial score (nSPS) is 14.7. The molecule has 1 aliphatic rings. The van der Waals surface area contributed by atoms with Crippen LogP contribution in [0.1, 0.15) is 12.8 Å². The van der Waals surface area contributed by atoms with Crippen molar-refractivity contribution < 1.29 is 23.1 Å². The predicted molar refractivity (Wildman–Crippen MR) is 96.2 cm³/mol. The first-order valence-electron chi connectivity index (χ1n) is 8.75. The second kappa shape index (κ2) is 8.62. The molecule has 1 fully saturated rings. The maximum absolute atomic E-state index is 13.6. The van der Waals surface area contributed by atoms with Gasteiger partial charge in [-0.25, -0.2) is 8.78 Å². The van der Waals surface area contributed by atoms with Gasteiger partial charge in [0.05, 0.1) is 0 Å². The van der Waals surface area contributed by atoms with Gasteiger partial charge >= 0.3 is 0 Å². The van der Waals surface area contributed by atoms with Crippen LogP contribution in [-0.4, -0.2) is 36.4 Å². The number of hydrogen-bond donors (Lipinski definition) is 1. The largest absolute Gasteiger partial charge is 0.484 e. The van der Waals surface area contributed by atoms with Gasteiger partial charge in [0.2, 0.25) is 5.91 Å². The number of nitrogens with one attached hydrogen (secondary N) is 1. The van der Waals surface area contributed by atoms with Crippen LogP contribution in [0.2, 0.25) is 0 Å². The molecule has 1 saturated heterocycles. The highest BCUT2D eigenvalue weighted by atomic mass is 19.1. The Hall–Kier alpha value is -2.96. The van der Waals surface area contributed by atoms with Gasteiger partial charge in [0.1, 0.15) is 23.1 Å². The third-order valence-corrected chi connectivity index (χ3v) is 4.53. The van der Waals surface area contributed by atoms with Crippen molar-refractivity contribution in [3.8, 4) is 5.75 Å². The van der Waals surface area contributed by atoms with Gasteiger partial charge in [0, 0.05) is 19.0 Å². The maximum Gasteiger partial charge on any atom is 0.260 e. The summed E-state index contributed by atoms with van der Waals surface area (Å²) in [6.45, 7) is 0.727. The monoisotopic (exact) mass is 374 g/mol. The van der Waals surface area contributed by atoms with Gasteiger partial charge in [-0.1, -0.05) is 24.3 Å². The fourth-order valence-electron chi connectivity index (χ4n) is 2.99. The standard InChI is InChI=1S/C20H20F2N2O3/c21-16-7-4-8-17(22)19(16)23-20(26)14-9-11-24(12-10-14)18(25)13-27-15-5-2-1-3-6-15/h1-8,14H,9-13H2,(H,23,26). The van der Waals surface area contributed by atoms with Crippen LogP contribution < -0.4 is 10.1 Å². The van der Waals surface area contributed by atoms with Crippen molar-refractivity contribution in [1.82, 2.24) is 4.90 Å². The van der Waals surface area contributed by atoms with Crippen molar-refractivity contribution in [2.75, 3.05) is 25.0 Å². The van der Waals surface area contributed by atoms with E-state index in [-0.39, 0.29) is 12.5 Å². The molecule has 0 spiro atoms. The lowest BCUT2D eigenvalue weighted by Crippen LogP contribution is -2.43. The topological polar surface area (TPSA) is 58.6 Å². The second-order valence-electron chi connectivity index (χ2n) is 6.34. The summed E-state index contributed by atoms with van der Waals surface area (Å²) in [5.74, 6) is -2.00. The van der Waals surface area contributed by atoms with Gasteiger partial charge in [-0.3, -0.25) is 9.59 Å². The second-order valence-corrected chi connectivity index (χ2v) is 6.34. The van der Waals surface area contributed by atoms with Gasteiger partial charge in [0.25, 0.3) is 5.91 Å². The van der Waals surface area contributed by atoms with E-state index in [1.165, 1.54) is 6.07 Å². The van der Waals surface area contributed by atoms with Crippen molar-refractivity contribution in [2.45, 2.75) is 12.8 Å². The van der Waals surface area contributed by atoms with E-state index in [9.17, 15) is 18.4 Å². The Labute approximate surface area is 155 Å². The zero-order valence-electron chi connectivity index (χ0n) is 14.7. The predicted octanol–water partition coefficient (Wildman–Crippen LogP) is 3.22. The molecule has 5 nitrogen and oxygen atoms in total. The molecule has 1 heterocycles. The number of likely N-dealkylation sites (tertiary alicyclic amines) is 1. The molecule has 0 bridgehead atoms. The van der Waals surface area contributed by atoms with Crippen LogP contribution in [0, 0.1) is 17.6 Å². The third kappa shape index (κ3) is 4.81. The van der Waals surface area contributed by atoms with E-state index in [0.717, 1.165) is 12.1 Å². The zero-order chi connectivity index (χ0) is 19.2. The fraction of sp³-hybridized carbons (Fsp3) is 0.300. The minimum Gasteiger partial charge on any atom is -0.484 e. The Morgan fingerprint density at radius 1 is 1.00 bits per heavy atom. The lowest BCUT2D eigenvalue weighted by Gasteiger charge is -2.31. The number of piperidine rings is 1. The molecule has 2 amide bonds. The Kier molecular flexibility index (Phi) is 6.01. The van der Waals surface area contributed by atoms with E-state index < -0.39 is 29.1 Å². The van der Waals surface area contributed by atoms with Crippen molar-refractivity contribution in [1.29, 1.82) is 0 Å². The number of rotatable bonds is 5. The van der Waals surface area contributed by atoms with E-state index in [4.69, 9.17) is 4.74 Å². The third-order valence-electron chi connectivity index (χ3n) is 4.53. The summed E-state index contributed by atoms with van der Waals surface area (Å²) in [6.07, 6.45) is 0.859. The molecule has 1 aliphatic heterocycles. The number of ether oxygens (including phenoxy) is 1. The Bertz CT molecular complexity index is 786. The molecule has 27 heavy (non-hydrogen) atoms. The Morgan fingerprint density at radius 3 is 2.26 bits per heavy atom. The quantitative estimate of drug-likeness (QED) is 0.874. The molecule has 0 aromatic heterocycles. The van der Waals surface area contributed by atoms with Gasteiger partial charge in [-0.2, -0.15) is 0 Å². The number of para-hydroxylation sites is 2. The van der Waals surface area contributed by atoms with Gasteiger partial charge in [-0.05, 0) is 37.1 Å². The van der Waals surface area contributed by atoms with Crippen molar-refractivity contribution in [2.24, 2.45) is 5.92 Å². The van der Waals surface area contributed by atoms with Gasteiger partial charge in [-0.15, -0.1) is 0 Å². The smallest absolute Gasteiger partial charge is 0.260 e. The molecule has 2 aromatic carbocycles. The number of hydrogen-bond acceptors (Lipinski definition) is 3. The number of amides is 2. The summed E-state index contributed by atoms with van der Waals surface area (Å²) in [6, 6.07) is 12.5. The van der Waals surface area contributed by atoms with Gasteiger partial charge in [0.15, 0.2) is 6.61 Å². The SMILES string of the molecule is O=C(Nc1c(F)cccc1F)C1CCN(C(=O)COc2ccccc2)CC1. The van der Waals surface area contributed by atoms with Crippen LogP contribution in [0.4, 0.5) is 14.5 Å². The summed E-state index contributed by atoms with van der Waals surface area (Å²) < 4.78 is 32.7. The lowest BCUT2D eigenvalue weighted by atomic mass is 9.95. The highest BCUT2D eigenvalue weighted by Gasteiger charge is 2.28. The molecular weight excluding hydrogens is 354 g/mol. The van der Waals surface area contributed by atoms with Crippen LogP contribution >= 0.6 is 0 Å². The minimum absolute atomic E-state index is 0.0681.